The Morgan fingerprint density at radius 2 is 2.11 bits per heavy atom. The molecule has 0 radical (unpaired) electrons. The van der Waals surface area contributed by atoms with E-state index in [0.29, 0.717) is 12.1 Å². The molecule has 1 aliphatic carbocycles. The first kappa shape index (κ1) is 15.3. The molecule has 4 atom stereocenters. The molecule has 0 aromatic heterocycles. The van der Waals surface area contributed by atoms with Crippen molar-refractivity contribution < 1.29 is 4.74 Å². The van der Waals surface area contributed by atoms with Crippen LogP contribution in [-0.4, -0.2) is 50.3 Å². The minimum absolute atomic E-state index is 0.409. The lowest BCUT2D eigenvalue weighted by Gasteiger charge is -2.41. The molecule has 2 rings (SSSR count). The Balaban J connectivity index is 1.90. The van der Waals surface area contributed by atoms with Gasteiger partial charge in [-0.25, -0.2) is 0 Å². The first-order chi connectivity index (χ1) is 9.10. The van der Waals surface area contributed by atoms with Gasteiger partial charge in [0.1, 0.15) is 0 Å². The van der Waals surface area contributed by atoms with Crippen molar-refractivity contribution >= 4 is 0 Å². The summed E-state index contributed by atoms with van der Waals surface area (Å²) < 4.78 is 5.65. The number of ether oxygens (including phenoxy) is 1. The molecule has 0 aromatic carbocycles. The van der Waals surface area contributed by atoms with Gasteiger partial charge >= 0.3 is 0 Å². The van der Waals surface area contributed by atoms with Gasteiger partial charge in [-0.15, -0.1) is 0 Å². The molecule has 1 saturated heterocycles. The fourth-order valence-corrected chi connectivity index (χ4v) is 3.88. The van der Waals surface area contributed by atoms with E-state index in [0.717, 1.165) is 37.5 Å². The van der Waals surface area contributed by atoms with Gasteiger partial charge in [0.25, 0.3) is 0 Å². The van der Waals surface area contributed by atoms with Crippen LogP contribution >= 0.6 is 0 Å². The quantitative estimate of drug-likeness (QED) is 0.847. The Labute approximate surface area is 119 Å². The van der Waals surface area contributed by atoms with Gasteiger partial charge in [0.05, 0.1) is 12.7 Å². The summed E-state index contributed by atoms with van der Waals surface area (Å²) in [6.45, 7) is 11.4. The highest BCUT2D eigenvalue weighted by Gasteiger charge is 2.32. The van der Waals surface area contributed by atoms with E-state index in [1.165, 1.54) is 25.8 Å². The average molecular weight is 268 g/mol. The van der Waals surface area contributed by atoms with Gasteiger partial charge in [0.15, 0.2) is 0 Å². The summed E-state index contributed by atoms with van der Waals surface area (Å²) in [7, 11) is 2.13. The maximum Gasteiger partial charge on any atom is 0.0674 e. The SMILES string of the molecule is CNC1CCC(C(C)C)CC1CN1CCOC(C)C1. The smallest absolute Gasteiger partial charge is 0.0674 e. The predicted molar refractivity (Wildman–Crippen MR) is 80.4 cm³/mol. The summed E-state index contributed by atoms with van der Waals surface area (Å²) in [5.74, 6) is 2.58. The van der Waals surface area contributed by atoms with Crippen LogP contribution in [0.2, 0.25) is 0 Å². The van der Waals surface area contributed by atoms with Crippen LogP contribution in [0.1, 0.15) is 40.0 Å². The monoisotopic (exact) mass is 268 g/mol. The molecule has 1 saturated carbocycles. The third-order valence-electron chi connectivity index (χ3n) is 5.15. The van der Waals surface area contributed by atoms with Crippen LogP contribution in [0.3, 0.4) is 0 Å². The van der Waals surface area contributed by atoms with Crippen LogP contribution in [0, 0.1) is 17.8 Å². The van der Waals surface area contributed by atoms with Gasteiger partial charge in [0, 0.05) is 25.7 Å². The van der Waals surface area contributed by atoms with Crippen LogP contribution in [0.5, 0.6) is 0 Å². The van der Waals surface area contributed by atoms with E-state index >= 15 is 0 Å². The lowest BCUT2D eigenvalue weighted by molar-refractivity contribution is -0.0285. The minimum Gasteiger partial charge on any atom is -0.376 e. The van der Waals surface area contributed by atoms with Gasteiger partial charge in [-0.1, -0.05) is 13.8 Å². The average Bonchev–Trinajstić information content (AvgIpc) is 2.38. The highest BCUT2D eigenvalue weighted by Crippen LogP contribution is 2.34. The van der Waals surface area contributed by atoms with Crippen LogP contribution in [0.4, 0.5) is 0 Å². The van der Waals surface area contributed by atoms with Crippen molar-refractivity contribution in [2.75, 3.05) is 33.3 Å². The molecule has 0 amide bonds. The summed E-state index contributed by atoms with van der Waals surface area (Å²) in [5.41, 5.74) is 0. The van der Waals surface area contributed by atoms with Crippen molar-refractivity contribution in [3.63, 3.8) is 0 Å². The third-order valence-corrected chi connectivity index (χ3v) is 5.15. The zero-order valence-corrected chi connectivity index (χ0v) is 13.2. The zero-order valence-electron chi connectivity index (χ0n) is 13.2. The molecular formula is C16H32N2O. The molecule has 3 heteroatoms. The molecule has 0 aromatic rings. The second-order valence-electron chi connectivity index (χ2n) is 6.91. The Hall–Kier alpha value is -0.120. The molecule has 1 aliphatic heterocycles. The molecule has 112 valence electrons. The van der Waals surface area contributed by atoms with E-state index in [1.807, 2.05) is 0 Å². The Bertz CT molecular complexity index is 269. The molecule has 1 heterocycles. The normalized spacial score (nSPS) is 37.7. The maximum absolute atomic E-state index is 5.65. The predicted octanol–water partition coefficient (Wildman–Crippen LogP) is 2.37. The van der Waals surface area contributed by atoms with Crippen molar-refractivity contribution in [2.45, 2.75) is 52.2 Å². The topological polar surface area (TPSA) is 24.5 Å². The highest BCUT2D eigenvalue weighted by atomic mass is 16.5. The molecule has 3 nitrogen and oxygen atoms in total. The van der Waals surface area contributed by atoms with Gasteiger partial charge in [-0.05, 0) is 51.0 Å². The molecule has 1 N–H and O–H groups in total. The van der Waals surface area contributed by atoms with E-state index < -0.39 is 0 Å². The molecule has 4 unspecified atom stereocenters. The van der Waals surface area contributed by atoms with Crippen molar-refractivity contribution in [1.29, 1.82) is 0 Å². The second-order valence-corrected chi connectivity index (χ2v) is 6.91. The lowest BCUT2D eigenvalue weighted by atomic mass is 9.73. The van der Waals surface area contributed by atoms with E-state index in [1.54, 1.807) is 0 Å². The highest BCUT2D eigenvalue weighted by molar-refractivity contribution is 4.87. The van der Waals surface area contributed by atoms with Crippen LogP contribution in [-0.2, 0) is 4.74 Å². The van der Waals surface area contributed by atoms with Gasteiger partial charge < -0.3 is 10.1 Å². The number of hydrogen-bond donors (Lipinski definition) is 1. The molecule has 19 heavy (non-hydrogen) atoms. The first-order valence-corrected chi connectivity index (χ1v) is 8.11. The van der Waals surface area contributed by atoms with Crippen molar-refractivity contribution in [3.8, 4) is 0 Å². The second kappa shape index (κ2) is 7.05. The molecular weight excluding hydrogens is 236 g/mol. The molecule has 2 fully saturated rings. The molecule has 0 spiro atoms. The maximum atomic E-state index is 5.65. The van der Waals surface area contributed by atoms with Crippen molar-refractivity contribution in [1.82, 2.24) is 10.2 Å². The van der Waals surface area contributed by atoms with Gasteiger partial charge in [-0.3, -0.25) is 4.90 Å². The Kier molecular flexibility index (Phi) is 5.67. The summed E-state index contributed by atoms with van der Waals surface area (Å²) in [6.07, 6.45) is 4.56. The number of rotatable bonds is 4. The molecule has 0 bridgehead atoms. The van der Waals surface area contributed by atoms with E-state index in [-0.39, 0.29) is 0 Å². The fourth-order valence-electron chi connectivity index (χ4n) is 3.88. The standard InChI is InChI=1S/C16H32N2O/c1-12(2)14-5-6-16(17-4)15(9-14)11-18-7-8-19-13(3)10-18/h12-17H,5-11H2,1-4H3. The van der Waals surface area contributed by atoms with E-state index in [2.05, 4.69) is 38.0 Å². The third kappa shape index (κ3) is 4.17. The summed E-state index contributed by atoms with van der Waals surface area (Å²) in [5, 5.41) is 3.56. The van der Waals surface area contributed by atoms with Crippen molar-refractivity contribution in [3.05, 3.63) is 0 Å². The number of morpholine rings is 1. The Morgan fingerprint density at radius 1 is 1.32 bits per heavy atom. The zero-order chi connectivity index (χ0) is 13.8. The number of nitrogens with zero attached hydrogens (tertiary/aromatic N) is 1. The molecule has 2 aliphatic rings. The van der Waals surface area contributed by atoms with Gasteiger partial charge in [0.2, 0.25) is 0 Å². The number of nitrogens with one attached hydrogen (secondary N) is 1. The first-order valence-electron chi connectivity index (χ1n) is 8.11. The summed E-state index contributed by atoms with van der Waals surface area (Å²) >= 11 is 0. The Morgan fingerprint density at radius 3 is 2.74 bits per heavy atom. The minimum atomic E-state index is 0.409. The van der Waals surface area contributed by atoms with Gasteiger partial charge in [-0.2, -0.15) is 0 Å². The van der Waals surface area contributed by atoms with E-state index in [4.69, 9.17) is 4.74 Å². The largest absolute Gasteiger partial charge is 0.376 e. The van der Waals surface area contributed by atoms with Crippen molar-refractivity contribution in [2.24, 2.45) is 17.8 Å². The van der Waals surface area contributed by atoms with Crippen LogP contribution in [0.15, 0.2) is 0 Å². The van der Waals surface area contributed by atoms with Crippen LogP contribution < -0.4 is 5.32 Å². The van der Waals surface area contributed by atoms with E-state index in [9.17, 15) is 0 Å². The lowest BCUT2D eigenvalue weighted by Crippen LogP contribution is -2.49. The summed E-state index contributed by atoms with van der Waals surface area (Å²) in [6, 6.07) is 0.716. The summed E-state index contributed by atoms with van der Waals surface area (Å²) in [4.78, 5) is 2.62. The number of hydrogen-bond acceptors (Lipinski definition) is 3. The van der Waals surface area contributed by atoms with Crippen LogP contribution in [0.25, 0.3) is 0 Å². The fraction of sp³-hybridized carbons (Fsp3) is 1.00.